The molecule has 4 rings (SSSR count). The summed E-state index contributed by atoms with van der Waals surface area (Å²) in [6, 6.07) is 5.17. The van der Waals surface area contributed by atoms with Crippen molar-refractivity contribution in [1.82, 2.24) is 9.71 Å². The van der Waals surface area contributed by atoms with Crippen LogP contribution in [0.25, 0.3) is 11.1 Å². The number of aromatic nitrogens is 1. The van der Waals surface area contributed by atoms with Crippen molar-refractivity contribution in [1.29, 1.82) is 0 Å². The lowest BCUT2D eigenvalue weighted by atomic mass is 9.93. The van der Waals surface area contributed by atoms with Crippen molar-refractivity contribution in [2.45, 2.75) is 64.1 Å². The first-order valence-corrected chi connectivity index (χ1v) is 13.2. The summed E-state index contributed by atoms with van der Waals surface area (Å²) in [5.41, 5.74) is 5.62. The number of carbonyl (C=O) groups excluding carboxylic acids is 1. The summed E-state index contributed by atoms with van der Waals surface area (Å²) in [6.45, 7) is 2.00. The molecule has 0 saturated heterocycles. The van der Waals surface area contributed by atoms with Gasteiger partial charge in [-0.1, -0.05) is 6.07 Å². The van der Waals surface area contributed by atoms with Crippen molar-refractivity contribution in [2.24, 2.45) is 0 Å². The van der Waals surface area contributed by atoms with Gasteiger partial charge in [0.25, 0.3) is 0 Å². The van der Waals surface area contributed by atoms with Crippen molar-refractivity contribution in [3.8, 4) is 17.0 Å². The normalized spacial score (nSPS) is 20.2. The molecule has 2 aliphatic carbocycles. The number of benzene rings is 1. The molecule has 1 fully saturated rings. The third-order valence-corrected chi connectivity index (χ3v) is 6.94. The summed E-state index contributed by atoms with van der Waals surface area (Å²) in [5, 5.41) is 2.81. The average molecular weight is 474 g/mol. The maximum atomic E-state index is 12.5. The SMILES string of the molecule is CO[C@H]1CC[C@@H](Oc2cc(-c3c(C)cc4c(c3NC(=O)NS(C)(=O)=O)CCC4)ccn2)CC1. The molecule has 178 valence electrons. The molecule has 2 aromatic rings. The quantitative estimate of drug-likeness (QED) is 0.658. The van der Waals surface area contributed by atoms with Crippen LogP contribution < -0.4 is 14.8 Å². The number of pyridine rings is 1. The van der Waals surface area contributed by atoms with E-state index in [0.717, 1.165) is 73.5 Å². The molecule has 1 aromatic carbocycles. The maximum absolute atomic E-state index is 12.5. The molecule has 1 aromatic heterocycles. The van der Waals surface area contributed by atoms with Gasteiger partial charge in [-0.05, 0) is 80.2 Å². The summed E-state index contributed by atoms with van der Waals surface area (Å²) in [4.78, 5) is 16.9. The fourth-order valence-electron chi connectivity index (χ4n) is 4.90. The molecule has 2 N–H and O–H groups in total. The number of fused-ring (bicyclic) bond motifs is 1. The van der Waals surface area contributed by atoms with E-state index in [0.29, 0.717) is 17.7 Å². The van der Waals surface area contributed by atoms with Gasteiger partial charge in [0.1, 0.15) is 6.10 Å². The second-order valence-electron chi connectivity index (χ2n) is 8.90. The van der Waals surface area contributed by atoms with Gasteiger partial charge in [0.05, 0.1) is 18.0 Å². The van der Waals surface area contributed by atoms with Crippen LogP contribution in [0.5, 0.6) is 5.88 Å². The largest absolute Gasteiger partial charge is 0.474 e. The Morgan fingerprint density at radius 2 is 1.85 bits per heavy atom. The minimum Gasteiger partial charge on any atom is -0.474 e. The number of hydrogen-bond donors (Lipinski definition) is 2. The number of sulfonamides is 1. The highest BCUT2D eigenvalue weighted by atomic mass is 32.2. The Morgan fingerprint density at radius 3 is 2.55 bits per heavy atom. The number of hydrogen-bond acceptors (Lipinski definition) is 6. The van der Waals surface area contributed by atoms with Crippen LogP contribution in [0.3, 0.4) is 0 Å². The molecule has 0 aliphatic heterocycles. The minimum atomic E-state index is -3.68. The lowest BCUT2D eigenvalue weighted by Gasteiger charge is -2.27. The lowest BCUT2D eigenvalue weighted by molar-refractivity contribution is 0.0314. The molecule has 9 heteroatoms. The summed E-state index contributed by atoms with van der Waals surface area (Å²) in [7, 11) is -1.93. The lowest BCUT2D eigenvalue weighted by Crippen LogP contribution is -2.34. The van der Waals surface area contributed by atoms with Gasteiger partial charge < -0.3 is 14.8 Å². The van der Waals surface area contributed by atoms with E-state index in [9.17, 15) is 13.2 Å². The zero-order valence-corrected chi connectivity index (χ0v) is 20.1. The average Bonchev–Trinajstić information content (AvgIpc) is 3.21. The molecule has 0 unspecified atom stereocenters. The molecule has 1 saturated carbocycles. The molecule has 8 nitrogen and oxygen atoms in total. The Balaban J connectivity index is 1.64. The van der Waals surface area contributed by atoms with Gasteiger partial charge in [0.2, 0.25) is 15.9 Å². The second-order valence-corrected chi connectivity index (χ2v) is 10.6. The number of nitrogens with one attached hydrogen (secondary N) is 2. The highest BCUT2D eigenvalue weighted by Gasteiger charge is 2.25. The molecule has 2 amide bonds. The van der Waals surface area contributed by atoms with Crippen LogP contribution in [0.15, 0.2) is 24.4 Å². The number of anilines is 1. The number of nitrogens with zero attached hydrogens (tertiary/aromatic N) is 1. The van der Waals surface area contributed by atoms with Crippen LogP contribution >= 0.6 is 0 Å². The van der Waals surface area contributed by atoms with Crippen LogP contribution in [0.1, 0.15) is 48.8 Å². The third kappa shape index (κ3) is 5.65. The number of aryl methyl sites for hydroxylation is 2. The first-order valence-electron chi connectivity index (χ1n) is 11.3. The van der Waals surface area contributed by atoms with Gasteiger partial charge in [-0.15, -0.1) is 0 Å². The molecule has 0 bridgehead atoms. The Morgan fingerprint density at radius 1 is 1.12 bits per heavy atom. The molecule has 33 heavy (non-hydrogen) atoms. The van der Waals surface area contributed by atoms with Gasteiger partial charge in [0, 0.05) is 24.9 Å². The molecule has 0 atom stereocenters. The van der Waals surface area contributed by atoms with E-state index in [1.54, 1.807) is 13.3 Å². The second kappa shape index (κ2) is 9.69. The predicted molar refractivity (Wildman–Crippen MR) is 127 cm³/mol. The Bertz CT molecular complexity index is 1140. The van der Waals surface area contributed by atoms with Crippen LogP contribution in [0.4, 0.5) is 10.5 Å². The van der Waals surface area contributed by atoms with Crippen LogP contribution in [0.2, 0.25) is 0 Å². The molecular formula is C24H31N3O5S. The number of ether oxygens (including phenoxy) is 2. The Kier molecular flexibility index (Phi) is 6.90. The Hall–Kier alpha value is -2.65. The summed E-state index contributed by atoms with van der Waals surface area (Å²) >= 11 is 0. The van der Waals surface area contributed by atoms with Crippen LogP contribution in [-0.2, 0) is 27.6 Å². The number of rotatable bonds is 6. The van der Waals surface area contributed by atoms with Gasteiger partial charge in [-0.25, -0.2) is 22.9 Å². The van der Waals surface area contributed by atoms with Crippen molar-refractivity contribution in [2.75, 3.05) is 18.7 Å². The van der Waals surface area contributed by atoms with Crippen molar-refractivity contribution in [3.63, 3.8) is 0 Å². The zero-order valence-electron chi connectivity index (χ0n) is 19.3. The first-order chi connectivity index (χ1) is 15.7. The van der Waals surface area contributed by atoms with Crippen LogP contribution in [-0.4, -0.2) is 45.0 Å². The van der Waals surface area contributed by atoms with E-state index in [-0.39, 0.29) is 6.10 Å². The minimum absolute atomic E-state index is 0.0957. The summed E-state index contributed by atoms with van der Waals surface area (Å²) in [6.07, 6.45) is 9.59. The number of urea groups is 1. The topological polar surface area (TPSA) is 107 Å². The standard InChI is InChI=1S/C24H31N3O5S/c1-15-13-16-5-4-6-20(16)23(26-24(28)27-33(3,29)30)22(15)17-11-12-25-21(14-17)32-19-9-7-18(31-2)8-10-19/h11-14,18-19H,4-10H2,1-3H3,(H2,26,27,28)/t18-,19+. The molecule has 0 spiro atoms. The van der Waals surface area contributed by atoms with Crippen molar-refractivity contribution >= 4 is 21.7 Å². The first kappa shape index (κ1) is 23.5. The summed E-state index contributed by atoms with van der Waals surface area (Å²) < 4.78 is 36.7. The van der Waals surface area contributed by atoms with E-state index in [1.807, 2.05) is 23.8 Å². The van der Waals surface area contributed by atoms with E-state index in [2.05, 4.69) is 16.4 Å². The fourth-order valence-corrected chi connectivity index (χ4v) is 5.28. The predicted octanol–water partition coefficient (Wildman–Crippen LogP) is 3.96. The zero-order chi connectivity index (χ0) is 23.6. The molecular weight excluding hydrogens is 442 g/mol. The van der Waals surface area contributed by atoms with Gasteiger partial charge in [-0.3, -0.25) is 0 Å². The van der Waals surface area contributed by atoms with Gasteiger partial charge >= 0.3 is 6.03 Å². The van der Waals surface area contributed by atoms with Gasteiger partial charge in [0.15, 0.2) is 0 Å². The smallest absolute Gasteiger partial charge is 0.332 e. The van der Waals surface area contributed by atoms with Gasteiger partial charge in [-0.2, -0.15) is 0 Å². The van der Waals surface area contributed by atoms with Crippen molar-refractivity contribution < 1.29 is 22.7 Å². The van der Waals surface area contributed by atoms with Crippen LogP contribution in [0, 0.1) is 6.92 Å². The fraction of sp³-hybridized carbons (Fsp3) is 0.500. The number of methoxy groups -OCH3 is 1. The molecule has 0 radical (unpaired) electrons. The number of amides is 2. The monoisotopic (exact) mass is 473 g/mol. The third-order valence-electron chi connectivity index (χ3n) is 6.38. The van der Waals surface area contributed by atoms with E-state index >= 15 is 0 Å². The highest BCUT2D eigenvalue weighted by Crippen LogP contribution is 2.41. The number of carbonyl (C=O) groups is 1. The highest BCUT2D eigenvalue weighted by molar-refractivity contribution is 7.89. The summed E-state index contributed by atoms with van der Waals surface area (Å²) in [5.74, 6) is 0.541. The van der Waals surface area contributed by atoms with E-state index < -0.39 is 16.1 Å². The Labute approximate surface area is 195 Å². The maximum Gasteiger partial charge on any atom is 0.332 e. The van der Waals surface area contributed by atoms with E-state index in [4.69, 9.17) is 9.47 Å². The van der Waals surface area contributed by atoms with Crippen molar-refractivity contribution in [3.05, 3.63) is 41.1 Å². The molecule has 1 heterocycles. The van der Waals surface area contributed by atoms with E-state index in [1.165, 1.54) is 5.56 Å². The molecule has 2 aliphatic rings.